The molecule has 0 bridgehead atoms. The maximum absolute atomic E-state index is 12.6. The zero-order chi connectivity index (χ0) is 14.0. The third kappa shape index (κ3) is 3.61. The highest BCUT2D eigenvalue weighted by atomic mass is 19.4. The zero-order valence-corrected chi connectivity index (χ0v) is 11.0. The Labute approximate surface area is 111 Å². The van der Waals surface area contributed by atoms with Gasteiger partial charge in [0.25, 0.3) is 0 Å². The fourth-order valence-corrected chi connectivity index (χ4v) is 3.14. The number of carbonyl (C=O) groups is 1. The average molecular weight is 278 g/mol. The second kappa shape index (κ2) is 5.69. The van der Waals surface area contributed by atoms with Gasteiger partial charge in [-0.25, -0.2) is 0 Å². The molecule has 3 nitrogen and oxygen atoms in total. The third-order valence-electron chi connectivity index (χ3n) is 4.31. The third-order valence-corrected chi connectivity index (χ3v) is 4.31. The van der Waals surface area contributed by atoms with E-state index in [0.29, 0.717) is 25.9 Å². The Morgan fingerprint density at radius 1 is 1.11 bits per heavy atom. The molecule has 1 saturated heterocycles. The Hall–Kier alpha value is -0.780. The summed E-state index contributed by atoms with van der Waals surface area (Å²) in [5, 5.41) is 0. The molecule has 0 aromatic heterocycles. The van der Waals surface area contributed by atoms with Crippen LogP contribution >= 0.6 is 0 Å². The summed E-state index contributed by atoms with van der Waals surface area (Å²) in [6, 6.07) is 0.0178. The number of hydrogen-bond donors (Lipinski definition) is 1. The summed E-state index contributed by atoms with van der Waals surface area (Å²) in [4.78, 5) is 14.0. The molecule has 6 heteroatoms. The highest BCUT2D eigenvalue weighted by Gasteiger charge is 2.43. The van der Waals surface area contributed by atoms with Gasteiger partial charge in [0.15, 0.2) is 0 Å². The lowest BCUT2D eigenvalue weighted by atomic mass is 9.81. The van der Waals surface area contributed by atoms with Gasteiger partial charge in [0, 0.05) is 25.0 Å². The van der Waals surface area contributed by atoms with Crippen LogP contribution in [-0.4, -0.2) is 36.1 Å². The van der Waals surface area contributed by atoms with Crippen LogP contribution in [0.1, 0.15) is 38.5 Å². The minimum Gasteiger partial charge on any atom is -0.341 e. The van der Waals surface area contributed by atoms with Gasteiger partial charge in [-0.2, -0.15) is 13.2 Å². The van der Waals surface area contributed by atoms with Crippen LogP contribution in [0, 0.1) is 11.8 Å². The zero-order valence-electron chi connectivity index (χ0n) is 11.0. The molecule has 1 saturated carbocycles. The summed E-state index contributed by atoms with van der Waals surface area (Å²) in [5.41, 5.74) is 5.83. The van der Waals surface area contributed by atoms with Crippen molar-refractivity contribution in [3.05, 3.63) is 0 Å². The normalized spacial score (nSPS) is 33.3. The van der Waals surface area contributed by atoms with Crippen LogP contribution in [0.2, 0.25) is 0 Å². The number of carbonyl (C=O) groups excluding carboxylic acids is 1. The summed E-state index contributed by atoms with van der Waals surface area (Å²) in [6.45, 7) is 1.25. The standard InChI is InChI=1S/C13H21F3N2O/c14-13(15,16)10-5-3-9(4-6-10)12(19)18-7-1-2-11(17)8-18/h9-11H,1-8,17H2/t9?,10?,11-/m1/s1. The summed E-state index contributed by atoms with van der Waals surface area (Å²) in [7, 11) is 0. The molecule has 2 rings (SSSR count). The van der Waals surface area contributed by atoms with E-state index in [1.807, 2.05) is 0 Å². The molecule has 2 N–H and O–H groups in total. The number of likely N-dealkylation sites (tertiary alicyclic amines) is 1. The monoisotopic (exact) mass is 278 g/mol. The highest BCUT2D eigenvalue weighted by Crippen LogP contribution is 2.40. The quantitative estimate of drug-likeness (QED) is 0.800. The van der Waals surface area contributed by atoms with Crippen molar-refractivity contribution < 1.29 is 18.0 Å². The van der Waals surface area contributed by atoms with Crippen LogP contribution in [0.5, 0.6) is 0 Å². The Kier molecular flexibility index (Phi) is 4.38. The largest absolute Gasteiger partial charge is 0.391 e. The van der Waals surface area contributed by atoms with Gasteiger partial charge in [-0.3, -0.25) is 4.79 Å². The Morgan fingerprint density at radius 2 is 1.74 bits per heavy atom. The van der Waals surface area contributed by atoms with E-state index in [4.69, 9.17) is 5.73 Å². The van der Waals surface area contributed by atoms with Gasteiger partial charge in [0.2, 0.25) is 5.91 Å². The van der Waals surface area contributed by atoms with Gasteiger partial charge < -0.3 is 10.6 Å². The predicted molar refractivity (Wildman–Crippen MR) is 65.3 cm³/mol. The van der Waals surface area contributed by atoms with Crippen molar-refractivity contribution in [2.24, 2.45) is 17.6 Å². The van der Waals surface area contributed by atoms with Crippen molar-refractivity contribution in [1.29, 1.82) is 0 Å². The minimum absolute atomic E-state index is 0.00998. The second-order valence-electron chi connectivity index (χ2n) is 5.78. The smallest absolute Gasteiger partial charge is 0.341 e. The van der Waals surface area contributed by atoms with Crippen LogP contribution in [0.3, 0.4) is 0 Å². The Bertz CT molecular complexity index is 324. The van der Waals surface area contributed by atoms with Crippen molar-refractivity contribution in [3.63, 3.8) is 0 Å². The number of piperidine rings is 1. The maximum atomic E-state index is 12.6. The van der Waals surface area contributed by atoms with E-state index in [2.05, 4.69) is 0 Å². The topological polar surface area (TPSA) is 46.3 Å². The second-order valence-corrected chi connectivity index (χ2v) is 5.78. The molecule has 0 unspecified atom stereocenters. The van der Waals surface area contributed by atoms with E-state index >= 15 is 0 Å². The van der Waals surface area contributed by atoms with Crippen LogP contribution < -0.4 is 5.73 Å². The summed E-state index contributed by atoms with van der Waals surface area (Å²) >= 11 is 0. The first kappa shape index (κ1) is 14.6. The number of nitrogens with zero attached hydrogens (tertiary/aromatic N) is 1. The Balaban J connectivity index is 1.85. The molecule has 1 amide bonds. The van der Waals surface area contributed by atoms with Crippen molar-refractivity contribution in [1.82, 2.24) is 4.90 Å². The molecule has 2 fully saturated rings. The van der Waals surface area contributed by atoms with E-state index in [1.54, 1.807) is 4.90 Å². The molecule has 2 aliphatic rings. The van der Waals surface area contributed by atoms with Gasteiger partial charge in [-0.15, -0.1) is 0 Å². The molecular formula is C13H21F3N2O. The summed E-state index contributed by atoms with van der Waals surface area (Å²) in [5.74, 6) is -1.44. The number of halogens is 3. The highest BCUT2D eigenvalue weighted by molar-refractivity contribution is 5.79. The van der Waals surface area contributed by atoms with Crippen molar-refractivity contribution in [2.45, 2.75) is 50.7 Å². The number of hydrogen-bond acceptors (Lipinski definition) is 2. The van der Waals surface area contributed by atoms with Gasteiger partial charge in [0.1, 0.15) is 0 Å². The lowest BCUT2D eigenvalue weighted by Gasteiger charge is -2.36. The molecule has 0 aromatic rings. The number of alkyl halides is 3. The van der Waals surface area contributed by atoms with Gasteiger partial charge in [-0.05, 0) is 38.5 Å². The maximum Gasteiger partial charge on any atom is 0.391 e. The molecule has 19 heavy (non-hydrogen) atoms. The van der Waals surface area contributed by atoms with E-state index in [9.17, 15) is 18.0 Å². The Morgan fingerprint density at radius 3 is 2.26 bits per heavy atom. The fraction of sp³-hybridized carbons (Fsp3) is 0.923. The van der Waals surface area contributed by atoms with E-state index in [-0.39, 0.29) is 30.7 Å². The van der Waals surface area contributed by atoms with Crippen LogP contribution in [0.4, 0.5) is 13.2 Å². The molecule has 1 aliphatic heterocycles. The molecule has 1 atom stereocenters. The van der Waals surface area contributed by atoms with Crippen molar-refractivity contribution >= 4 is 5.91 Å². The van der Waals surface area contributed by atoms with E-state index < -0.39 is 12.1 Å². The molecule has 0 radical (unpaired) electrons. The van der Waals surface area contributed by atoms with Crippen LogP contribution in [0.15, 0.2) is 0 Å². The average Bonchev–Trinajstić information content (AvgIpc) is 2.37. The SMILES string of the molecule is N[C@@H]1CCCN(C(=O)C2CCC(C(F)(F)F)CC2)C1. The number of nitrogens with two attached hydrogens (primary N) is 1. The molecule has 0 aromatic carbocycles. The molecule has 0 spiro atoms. The molecular weight excluding hydrogens is 257 g/mol. The summed E-state index contributed by atoms with van der Waals surface area (Å²) < 4.78 is 37.7. The van der Waals surface area contributed by atoms with Crippen molar-refractivity contribution in [3.8, 4) is 0 Å². The van der Waals surface area contributed by atoms with E-state index in [1.165, 1.54) is 0 Å². The lowest BCUT2D eigenvalue weighted by molar-refractivity contribution is -0.185. The predicted octanol–water partition coefficient (Wildman–Crippen LogP) is 2.30. The number of amides is 1. The fourth-order valence-electron chi connectivity index (χ4n) is 3.14. The molecule has 1 heterocycles. The van der Waals surface area contributed by atoms with Crippen LogP contribution in [0.25, 0.3) is 0 Å². The van der Waals surface area contributed by atoms with E-state index in [0.717, 1.165) is 12.8 Å². The summed E-state index contributed by atoms with van der Waals surface area (Å²) in [6.07, 6.45) is -1.42. The molecule has 110 valence electrons. The first-order chi connectivity index (χ1) is 8.88. The van der Waals surface area contributed by atoms with Gasteiger partial charge >= 0.3 is 6.18 Å². The van der Waals surface area contributed by atoms with Crippen LogP contribution in [-0.2, 0) is 4.79 Å². The first-order valence-electron chi connectivity index (χ1n) is 6.99. The first-order valence-corrected chi connectivity index (χ1v) is 6.99. The molecule has 1 aliphatic carbocycles. The minimum atomic E-state index is -4.11. The lowest BCUT2D eigenvalue weighted by Crippen LogP contribution is -2.48. The van der Waals surface area contributed by atoms with Crippen molar-refractivity contribution in [2.75, 3.05) is 13.1 Å². The van der Waals surface area contributed by atoms with Gasteiger partial charge in [-0.1, -0.05) is 0 Å². The number of rotatable bonds is 1. The van der Waals surface area contributed by atoms with Gasteiger partial charge in [0.05, 0.1) is 5.92 Å².